The Hall–Kier alpha value is -1.41. The largest absolute Gasteiger partial charge is 0.284 e. The molecule has 0 atom stereocenters. The number of fused-ring (bicyclic) bond motifs is 1. The number of sulfonamides is 1. The van der Waals surface area contributed by atoms with E-state index in [1.807, 2.05) is 24.3 Å². The summed E-state index contributed by atoms with van der Waals surface area (Å²) in [6, 6.07) is 7.51. The number of halogens is 1. The zero-order valence-electron chi connectivity index (χ0n) is 10.1. The fourth-order valence-corrected chi connectivity index (χ4v) is 4.80. The quantitative estimate of drug-likeness (QED) is 0.825. The molecule has 8 heteroatoms. The molecule has 3 rings (SSSR count). The summed E-state index contributed by atoms with van der Waals surface area (Å²) in [6.45, 7) is 0.444. The van der Waals surface area contributed by atoms with Gasteiger partial charge in [-0.25, -0.2) is 4.68 Å². The van der Waals surface area contributed by atoms with Gasteiger partial charge in [-0.2, -0.15) is 8.42 Å². The second kappa shape index (κ2) is 4.31. The maximum atomic E-state index is 12.7. The number of nitrogens with zero attached hydrogens (tertiary/aromatic N) is 4. The van der Waals surface area contributed by atoms with E-state index in [0.29, 0.717) is 6.54 Å². The molecular formula is C11H11BrN4O2S. The minimum absolute atomic E-state index is 0.0733. The molecule has 0 saturated carbocycles. The summed E-state index contributed by atoms with van der Waals surface area (Å²) in [5.74, 6) is 0. The van der Waals surface area contributed by atoms with Gasteiger partial charge in [0.05, 0.1) is 5.69 Å². The van der Waals surface area contributed by atoms with Gasteiger partial charge in [0.15, 0.2) is 4.60 Å². The van der Waals surface area contributed by atoms with Crippen LogP contribution in [0.25, 0.3) is 0 Å². The molecule has 0 unspecified atom stereocenters. The van der Waals surface area contributed by atoms with Crippen molar-refractivity contribution >= 4 is 31.6 Å². The molecule has 0 N–H and O–H groups in total. The number of benzene rings is 1. The van der Waals surface area contributed by atoms with E-state index in [2.05, 4.69) is 26.2 Å². The normalized spacial score (nSPS) is 14.7. The van der Waals surface area contributed by atoms with Crippen LogP contribution in [0.1, 0.15) is 5.56 Å². The minimum Gasteiger partial charge on any atom is -0.264 e. The molecule has 1 aliphatic rings. The predicted octanol–water partition coefficient (Wildman–Crippen LogP) is 1.33. The fraction of sp³-hybridized carbons (Fsp3) is 0.273. The van der Waals surface area contributed by atoms with Gasteiger partial charge in [-0.3, -0.25) is 4.31 Å². The van der Waals surface area contributed by atoms with Crippen LogP contribution in [0, 0.1) is 0 Å². The summed E-state index contributed by atoms with van der Waals surface area (Å²) >= 11 is 3.14. The average Bonchev–Trinajstić information content (AvgIpc) is 2.93. The summed E-state index contributed by atoms with van der Waals surface area (Å²) < 4.78 is 28.3. The van der Waals surface area contributed by atoms with E-state index in [0.717, 1.165) is 17.7 Å². The number of aryl methyl sites for hydroxylation is 1. The number of hydrogen-bond acceptors (Lipinski definition) is 4. The van der Waals surface area contributed by atoms with Crippen LogP contribution in [0.15, 0.2) is 33.9 Å². The van der Waals surface area contributed by atoms with Gasteiger partial charge in [-0.15, -0.1) is 5.10 Å². The lowest BCUT2D eigenvalue weighted by molar-refractivity contribution is 0.570. The third kappa shape index (κ3) is 1.86. The molecule has 1 aliphatic heterocycles. The smallest absolute Gasteiger partial charge is 0.264 e. The highest BCUT2D eigenvalue weighted by molar-refractivity contribution is 9.10. The lowest BCUT2D eigenvalue weighted by atomic mass is 10.2. The van der Waals surface area contributed by atoms with Crippen molar-refractivity contribution in [2.75, 3.05) is 10.8 Å². The van der Waals surface area contributed by atoms with Crippen molar-refractivity contribution in [3.05, 3.63) is 34.4 Å². The van der Waals surface area contributed by atoms with E-state index in [9.17, 15) is 8.42 Å². The van der Waals surface area contributed by atoms with Crippen LogP contribution in [0.5, 0.6) is 0 Å². The van der Waals surface area contributed by atoms with Crippen molar-refractivity contribution in [2.45, 2.75) is 11.4 Å². The SMILES string of the molecule is Cn1nnc(Br)c1S(=O)(=O)N1CCc2ccccc21. The van der Waals surface area contributed by atoms with E-state index >= 15 is 0 Å². The standard InChI is InChI=1S/C11H11BrN4O2S/c1-15-11(10(12)13-14-15)19(17,18)16-7-6-8-4-2-3-5-9(8)16/h2-5H,6-7H2,1H3. The first kappa shape index (κ1) is 12.6. The van der Waals surface area contributed by atoms with Gasteiger partial charge in [-0.1, -0.05) is 23.4 Å². The minimum atomic E-state index is -3.65. The van der Waals surface area contributed by atoms with Crippen LogP contribution < -0.4 is 4.31 Å². The lowest BCUT2D eigenvalue weighted by Crippen LogP contribution is -2.30. The zero-order chi connectivity index (χ0) is 13.6. The number of hydrogen-bond donors (Lipinski definition) is 0. The third-order valence-corrected chi connectivity index (χ3v) is 5.82. The Morgan fingerprint density at radius 1 is 1.32 bits per heavy atom. The van der Waals surface area contributed by atoms with Gasteiger partial charge in [-0.05, 0) is 34.0 Å². The average molecular weight is 343 g/mol. The van der Waals surface area contributed by atoms with Crippen molar-refractivity contribution in [1.82, 2.24) is 15.0 Å². The monoisotopic (exact) mass is 342 g/mol. The topological polar surface area (TPSA) is 68.1 Å². The molecule has 19 heavy (non-hydrogen) atoms. The first-order valence-electron chi connectivity index (χ1n) is 5.67. The number of aromatic nitrogens is 3. The van der Waals surface area contributed by atoms with E-state index in [1.54, 1.807) is 7.05 Å². The van der Waals surface area contributed by atoms with Crippen molar-refractivity contribution in [3.8, 4) is 0 Å². The van der Waals surface area contributed by atoms with Crippen molar-refractivity contribution in [2.24, 2.45) is 7.05 Å². The van der Waals surface area contributed by atoms with Gasteiger partial charge >= 0.3 is 0 Å². The Bertz CT molecular complexity index is 721. The number of anilines is 1. The Morgan fingerprint density at radius 2 is 2.05 bits per heavy atom. The molecule has 0 fully saturated rings. The lowest BCUT2D eigenvalue weighted by Gasteiger charge is -2.19. The fourth-order valence-electron chi connectivity index (χ4n) is 2.26. The summed E-state index contributed by atoms with van der Waals surface area (Å²) in [4.78, 5) is 0. The highest BCUT2D eigenvalue weighted by Crippen LogP contribution is 2.33. The molecule has 0 amide bonds. The molecule has 100 valence electrons. The second-order valence-electron chi connectivity index (χ2n) is 4.26. The zero-order valence-corrected chi connectivity index (χ0v) is 12.5. The van der Waals surface area contributed by atoms with Crippen LogP contribution in [0.4, 0.5) is 5.69 Å². The molecular weight excluding hydrogens is 332 g/mol. The number of rotatable bonds is 2. The summed E-state index contributed by atoms with van der Waals surface area (Å²) in [7, 11) is -2.08. The highest BCUT2D eigenvalue weighted by atomic mass is 79.9. The van der Waals surface area contributed by atoms with Gasteiger partial charge in [0, 0.05) is 13.6 Å². The van der Waals surface area contributed by atoms with E-state index < -0.39 is 10.0 Å². The maximum absolute atomic E-state index is 12.7. The van der Waals surface area contributed by atoms with E-state index in [4.69, 9.17) is 0 Å². The molecule has 0 bridgehead atoms. The Labute approximate surface area is 119 Å². The molecule has 0 aliphatic carbocycles. The molecule has 6 nitrogen and oxygen atoms in total. The Kier molecular flexibility index (Phi) is 2.86. The second-order valence-corrected chi connectivity index (χ2v) is 6.79. The van der Waals surface area contributed by atoms with Gasteiger partial charge in [0.2, 0.25) is 5.03 Å². The van der Waals surface area contributed by atoms with E-state index in [-0.39, 0.29) is 9.63 Å². The van der Waals surface area contributed by atoms with E-state index in [1.165, 1.54) is 8.99 Å². The molecule has 1 aromatic heterocycles. The third-order valence-electron chi connectivity index (χ3n) is 3.12. The summed E-state index contributed by atoms with van der Waals surface area (Å²) in [5, 5.41) is 7.53. The first-order valence-corrected chi connectivity index (χ1v) is 7.91. The Morgan fingerprint density at radius 3 is 2.74 bits per heavy atom. The molecule has 0 saturated heterocycles. The van der Waals surface area contributed by atoms with Gasteiger partial charge < -0.3 is 0 Å². The predicted molar refractivity (Wildman–Crippen MR) is 73.4 cm³/mol. The van der Waals surface area contributed by atoms with Crippen molar-refractivity contribution < 1.29 is 8.42 Å². The van der Waals surface area contributed by atoms with Crippen LogP contribution in [0.2, 0.25) is 0 Å². The Balaban J connectivity index is 2.14. The summed E-state index contributed by atoms with van der Waals surface area (Å²) in [6.07, 6.45) is 0.721. The van der Waals surface area contributed by atoms with Crippen LogP contribution in [0.3, 0.4) is 0 Å². The highest BCUT2D eigenvalue weighted by Gasteiger charge is 2.34. The molecule has 2 heterocycles. The molecule has 0 radical (unpaired) electrons. The van der Waals surface area contributed by atoms with Crippen molar-refractivity contribution in [1.29, 1.82) is 0 Å². The van der Waals surface area contributed by atoms with Crippen LogP contribution >= 0.6 is 15.9 Å². The van der Waals surface area contributed by atoms with Crippen LogP contribution in [-0.4, -0.2) is 30.0 Å². The van der Waals surface area contributed by atoms with Crippen LogP contribution in [-0.2, 0) is 23.5 Å². The summed E-state index contributed by atoms with van der Waals surface area (Å²) in [5.41, 5.74) is 1.77. The van der Waals surface area contributed by atoms with Gasteiger partial charge in [0.1, 0.15) is 0 Å². The maximum Gasteiger partial charge on any atom is 0.284 e. The first-order chi connectivity index (χ1) is 9.01. The van der Waals surface area contributed by atoms with Crippen molar-refractivity contribution in [3.63, 3.8) is 0 Å². The van der Waals surface area contributed by atoms with Gasteiger partial charge in [0.25, 0.3) is 10.0 Å². The molecule has 2 aromatic rings. The molecule has 1 aromatic carbocycles. The number of para-hydroxylation sites is 1. The molecule has 0 spiro atoms.